The zero-order valence-electron chi connectivity index (χ0n) is 14.7. The van der Waals surface area contributed by atoms with Crippen molar-refractivity contribution < 1.29 is 31.2 Å². The van der Waals surface area contributed by atoms with Gasteiger partial charge >= 0.3 is 13.8 Å². The van der Waals surface area contributed by atoms with E-state index < -0.39 is 35.9 Å². The van der Waals surface area contributed by atoms with Gasteiger partial charge in [0.1, 0.15) is 5.58 Å². The first kappa shape index (κ1) is 20.8. The van der Waals surface area contributed by atoms with Gasteiger partial charge in [0.2, 0.25) is 11.1 Å². The maximum absolute atomic E-state index is 13.6. The lowest BCUT2D eigenvalue weighted by Crippen LogP contribution is -2.25. The Balaban J connectivity index is 2.45. The molecule has 3 rings (SSSR count). The van der Waals surface area contributed by atoms with Gasteiger partial charge in [0.15, 0.2) is 5.69 Å². The normalized spacial score (nSPS) is 12.8. The summed E-state index contributed by atoms with van der Waals surface area (Å²) in [5.74, 6) is 0. The highest BCUT2D eigenvalue weighted by Crippen LogP contribution is 2.49. The number of benzene rings is 1. The Kier molecular flexibility index (Phi) is 5.55. The summed E-state index contributed by atoms with van der Waals surface area (Å²) in [7, 11) is -4.39. The molecule has 28 heavy (non-hydrogen) atoms. The lowest BCUT2D eigenvalue weighted by Gasteiger charge is -2.20. The molecule has 0 amide bonds. The number of halogens is 4. The molecule has 6 nitrogen and oxygen atoms in total. The van der Waals surface area contributed by atoms with Gasteiger partial charge in [0.25, 0.3) is 0 Å². The van der Waals surface area contributed by atoms with Gasteiger partial charge in [-0.1, -0.05) is 11.6 Å². The van der Waals surface area contributed by atoms with Gasteiger partial charge in [0, 0.05) is 5.02 Å². The molecular weight excluding hydrogens is 422 g/mol. The third-order valence-electron chi connectivity index (χ3n) is 3.77. The maximum atomic E-state index is 13.6. The van der Waals surface area contributed by atoms with Crippen LogP contribution in [0, 0.1) is 0 Å². The average Bonchev–Trinajstić information content (AvgIpc) is 2.61. The molecule has 3 aromatic rings. The van der Waals surface area contributed by atoms with E-state index in [-0.39, 0.29) is 34.6 Å². The van der Waals surface area contributed by atoms with E-state index >= 15 is 0 Å². The second-order valence-electron chi connectivity index (χ2n) is 5.61. The first-order valence-corrected chi connectivity index (χ1v) is 10.1. The van der Waals surface area contributed by atoms with E-state index in [9.17, 15) is 22.5 Å². The second kappa shape index (κ2) is 7.48. The minimum Gasteiger partial charge on any atom is -0.437 e. The predicted octanol–water partition coefficient (Wildman–Crippen LogP) is 4.90. The fourth-order valence-corrected chi connectivity index (χ4v) is 4.61. The van der Waals surface area contributed by atoms with Crippen LogP contribution in [0.25, 0.3) is 22.1 Å². The van der Waals surface area contributed by atoms with Crippen LogP contribution >= 0.6 is 19.2 Å². The van der Waals surface area contributed by atoms with Gasteiger partial charge in [-0.2, -0.15) is 13.2 Å². The Morgan fingerprint density at radius 1 is 1.14 bits per heavy atom. The van der Waals surface area contributed by atoms with E-state index in [4.69, 9.17) is 25.1 Å². The van der Waals surface area contributed by atoms with E-state index in [2.05, 4.69) is 4.98 Å². The van der Waals surface area contributed by atoms with Crippen molar-refractivity contribution in [2.45, 2.75) is 20.0 Å². The Bertz CT molecular complexity index is 1150. The molecule has 0 unspecified atom stereocenters. The van der Waals surface area contributed by atoms with Gasteiger partial charge in [0.05, 0.1) is 29.3 Å². The Hall–Kier alpha value is -1.93. The van der Waals surface area contributed by atoms with Crippen LogP contribution in [0.3, 0.4) is 0 Å². The van der Waals surface area contributed by atoms with Gasteiger partial charge < -0.3 is 13.5 Å². The number of fused-ring (bicyclic) bond motifs is 2. The number of pyridine rings is 1. The molecule has 0 aliphatic carbocycles. The lowest BCUT2D eigenvalue weighted by molar-refractivity contribution is -0.140. The molecule has 2 aromatic heterocycles. The summed E-state index contributed by atoms with van der Waals surface area (Å²) in [5.41, 5.74) is -2.69. The van der Waals surface area contributed by atoms with Gasteiger partial charge in [-0.15, -0.1) is 0 Å². The van der Waals surface area contributed by atoms with Crippen LogP contribution in [-0.2, 0) is 19.8 Å². The van der Waals surface area contributed by atoms with E-state index in [1.54, 1.807) is 0 Å². The number of hydrogen-bond acceptors (Lipinski definition) is 6. The van der Waals surface area contributed by atoms with Crippen molar-refractivity contribution in [2.75, 3.05) is 13.2 Å². The van der Waals surface area contributed by atoms with Gasteiger partial charge in [-0.3, -0.25) is 9.36 Å². The number of rotatable bonds is 5. The molecule has 0 radical (unpaired) electrons. The Morgan fingerprint density at radius 2 is 1.79 bits per heavy atom. The quantitative estimate of drug-likeness (QED) is 0.419. The fraction of sp³-hybridized carbons (Fsp3) is 0.294. The summed E-state index contributed by atoms with van der Waals surface area (Å²) in [6, 6.07) is 4.91. The molecule has 0 N–H and O–H groups in total. The van der Waals surface area contributed by atoms with Crippen molar-refractivity contribution in [1.29, 1.82) is 0 Å². The molecule has 0 aliphatic heterocycles. The smallest absolute Gasteiger partial charge is 0.434 e. The molecule has 1 aromatic carbocycles. The Morgan fingerprint density at radius 3 is 2.36 bits per heavy atom. The molecule has 11 heteroatoms. The molecule has 0 atom stereocenters. The molecular formula is C17H14ClF3NO5P. The topological polar surface area (TPSA) is 78.6 Å². The van der Waals surface area contributed by atoms with Gasteiger partial charge in [-0.05, 0) is 38.1 Å². The minimum absolute atomic E-state index is 0.0214. The zero-order chi connectivity index (χ0) is 20.7. The highest BCUT2D eigenvalue weighted by atomic mass is 35.5. The highest BCUT2D eigenvalue weighted by Gasteiger charge is 2.43. The van der Waals surface area contributed by atoms with Crippen LogP contribution in [0.2, 0.25) is 5.02 Å². The summed E-state index contributed by atoms with van der Waals surface area (Å²) in [4.78, 5) is 16.2. The fourth-order valence-electron chi connectivity index (χ4n) is 2.68. The van der Waals surface area contributed by atoms with Crippen LogP contribution < -0.4 is 10.7 Å². The summed E-state index contributed by atoms with van der Waals surface area (Å²) in [6.07, 6.45) is -4.99. The zero-order valence-corrected chi connectivity index (χ0v) is 16.3. The summed E-state index contributed by atoms with van der Waals surface area (Å²) in [6.45, 7) is 2.57. The molecule has 0 saturated carbocycles. The average molecular weight is 436 g/mol. The first-order valence-electron chi connectivity index (χ1n) is 8.14. The summed E-state index contributed by atoms with van der Waals surface area (Å²) in [5, 5.41) is -0.842. The number of aromatic nitrogens is 1. The third kappa shape index (κ3) is 3.67. The Labute approximate surface area is 161 Å². The van der Waals surface area contributed by atoms with Crippen molar-refractivity contribution in [2.24, 2.45) is 0 Å². The monoisotopic (exact) mass is 435 g/mol. The van der Waals surface area contributed by atoms with Crippen molar-refractivity contribution in [3.63, 3.8) is 0 Å². The van der Waals surface area contributed by atoms with Crippen LogP contribution in [-0.4, -0.2) is 18.2 Å². The summed E-state index contributed by atoms with van der Waals surface area (Å²) >= 11 is 5.88. The van der Waals surface area contributed by atoms with E-state index in [1.165, 1.54) is 32.0 Å². The molecule has 2 heterocycles. The van der Waals surface area contributed by atoms with Crippen molar-refractivity contribution in [1.82, 2.24) is 4.98 Å². The molecule has 0 aliphatic rings. The highest BCUT2D eigenvalue weighted by molar-refractivity contribution is 7.62. The van der Waals surface area contributed by atoms with Crippen molar-refractivity contribution >= 4 is 46.6 Å². The lowest BCUT2D eigenvalue weighted by atomic mass is 10.1. The SMILES string of the molecule is CCOP(=O)(OCC)c1cc2c(=O)c3cc(Cl)ccc3oc2nc1C(F)(F)F. The van der Waals surface area contributed by atoms with E-state index in [0.717, 1.165) is 6.07 Å². The third-order valence-corrected chi connectivity index (χ3v) is 6.13. The van der Waals surface area contributed by atoms with Crippen LogP contribution in [0.15, 0.2) is 33.5 Å². The van der Waals surface area contributed by atoms with E-state index in [0.29, 0.717) is 0 Å². The number of nitrogens with zero attached hydrogens (tertiary/aromatic N) is 1. The van der Waals surface area contributed by atoms with Crippen LogP contribution in [0.5, 0.6) is 0 Å². The number of alkyl halides is 3. The second-order valence-corrected chi connectivity index (χ2v) is 8.04. The largest absolute Gasteiger partial charge is 0.437 e. The van der Waals surface area contributed by atoms with Crippen molar-refractivity contribution in [3.05, 3.63) is 45.2 Å². The molecule has 150 valence electrons. The van der Waals surface area contributed by atoms with Crippen LogP contribution in [0.1, 0.15) is 19.5 Å². The molecule has 0 saturated heterocycles. The van der Waals surface area contributed by atoms with Gasteiger partial charge in [-0.25, -0.2) is 4.98 Å². The predicted molar refractivity (Wildman–Crippen MR) is 98.3 cm³/mol. The molecule has 0 spiro atoms. The molecule has 0 bridgehead atoms. The maximum Gasteiger partial charge on any atom is 0.434 e. The van der Waals surface area contributed by atoms with Crippen LogP contribution in [0.4, 0.5) is 13.2 Å². The summed E-state index contributed by atoms with van der Waals surface area (Å²) < 4.78 is 69.3. The number of hydrogen-bond donors (Lipinski definition) is 0. The van der Waals surface area contributed by atoms with E-state index in [1.807, 2.05) is 0 Å². The minimum atomic E-state index is -4.99. The standard InChI is InChI=1S/C17H14ClF3NO5P/c1-3-25-28(24,26-4-2)13-8-11-14(23)10-7-9(18)5-6-12(10)27-16(11)22-15(13)17(19,20)21/h5-8H,3-4H2,1-2H3. The van der Waals surface area contributed by atoms with Crippen molar-refractivity contribution in [3.8, 4) is 0 Å². The first-order chi connectivity index (χ1) is 13.1. The molecule has 0 fully saturated rings.